The summed E-state index contributed by atoms with van der Waals surface area (Å²) >= 11 is 0. The highest BCUT2D eigenvalue weighted by molar-refractivity contribution is 5.73. The average molecular weight is 311 g/mol. The van der Waals surface area contributed by atoms with Gasteiger partial charge in [0, 0.05) is 11.6 Å². The molecular weight excluding hydrogens is 294 g/mol. The Morgan fingerprint density at radius 2 is 2.04 bits per heavy atom. The van der Waals surface area contributed by atoms with Crippen molar-refractivity contribution in [3.8, 4) is 17.0 Å². The molecular formula is C16H17N5O2. The molecule has 1 saturated carbocycles. The molecule has 0 amide bonds. The van der Waals surface area contributed by atoms with Crippen LogP contribution in [0.15, 0.2) is 36.7 Å². The predicted octanol–water partition coefficient (Wildman–Crippen LogP) is 1.74. The Morgan fingerprint density at radius 3 is 2.74 bits per heavy atom. The second-order valence-electron chi connectivity index (χ2n) is 5.74. The van der Waals surface area contributed by atoms with Gasteiger partial charge in [-0.25, -0.2) is 0 Å². The number of aliphatic hydroxyl groups excluding tert-OH is 1. The molecule has 1 fully saturated rings. The second-order valence-corrected chi connectivity index (χ2v) is 5.74. The average Bonchev–Trinajstić information content (AvgIpc) is 3.02. The first-order valence-electron chi connectivity index (χ1n) is 7.53. The molecule has 7 nitrogen and oxygen atoms in total. The number of aliphatic hydroxyl groups is 1. The van der Waals surface area contributed by atoms with Gasteiger partial charge in [0.05, 0.1) is 24.6 Å². The van der Waals surface area contributed by atoms with Crippen LogP contribution in [0.5, 0.6) is 5.75 Å². The lowest BCUT2D eigenvalue weighted by Crippen LogP contribution is -2.39. The highest BCUT2D eigenvalue weighted by Gasteiger charge is 2.27. The Hall–Kier alpha value is -2.67. The molecule has 0 spiro atoms. The van der Waals surface area contributed by atoms with E-state index in [1.807, 2.05) is 30.3 Å². The molecule has 0 aliphatic heterocycles. The van der Waals surface area contributed by atoms with E-state index in [1.165, 1.54) is 0 Å². The Kier molecular flexibility index (Phi) is 3.34. The van der Waals surface area contributed by atoms with Crippen molar-refractivity contribution in [3.05, 3.63) is 36.7 Å². The highest BCUT2D eigenvalue weighted by atomic mass is 16.5. The normalized spacial score (nSPS) is 20.3. The molecule has 4 rings (SSSR count). The maximum absolute atomic E-state index is 9.45. The molecule has 23 heavy (non-hydrogen) atoms. The van der Waals surface area contributed by atoms with E-state index in [0.717, 1.165) is 35.5 Å². The molecule has 118 valence electrons. The van der Waals surface area contributed by atoms with Crippen molar-refractivity contribution in [2.75, 3.05) is 12.4 Å². The highest BCUT2D eigenvalue weighted by Crippen LogP contribution is 2.29. The standard InChI is InChI=1S/C16H17N5O2/c1-23-13-4-2-10(3-5-13)14-8-15(18-11-6-12(22)7-11)16-19-17-9-21(16)20-14/h2-5,8-9,11-12,18,22H,6-7H2,1H3. The van der Waals surface area contributed by atoms with Gasteiger partial charge in [0.2, 0.25) is 5.65 Å². The van der Waals surface area contributed by atoms with Crippen molar-refractivity contribution in [1.82, 2.24) is 19.8 Å². The van der Waals surface area contributed by atoms with Gasteiger partial charge in [-0.15, -0.1) is 10.2 Å². The summed E-state index contributed by atoms with van der Waals surface area (Å²) in [4.78, 5) is 0. The predicted molar refractivity (Wildman–Crippen MR) is 85.4 cm³/mol. The van der Waals surface area contributed by atoms with Crippen LogP contribution in [-0.2, 0) is 0 Å². The van der Waals surface area contributed by atoms with Crippen molar-refractivity contribution in [3.63, 3.8) is 0 Å². The number of rotatable bonds is 4. The van der Waals surface area contributed by atoms with E-state index in [-0.39, 0.29) is 12.1 Å². The first-order chi connectivity index (χ1) is 11.2. The van der Waals surface area contributed by atoms with Crippen LogP contribution in [0.2, 0.25) is 0 Å². The van der Waals surface area contributed by atoms with Crippen LogP contribution in [0.1, 0.15) is 12.8 Å². The number of ether oxygens (including phenoxy) is 1. The number of nitrogens with zero attached hydrogens (tertiary/aromatic N) is 4. The first kappa shape index (κ1) is 14.0. The van der Waals surface area contributed by atoms with E-state index < -0.39 is 0 Å². The fourth-order valence-corrected chi connectivity index (χ4v) is 2.76. The zero-order valence-electron chi connectivity index (χ0n) is 12.7. The Balaban J connectivity index is 1.71. The van der Waals surface area contributed by atoms with E-state index in [0.29, 0.717) is 5.65 Å². The van der Waals surface area contributed by atoms with Crippen LogP contribution in [0.3, 0.4) is 0 Å². The lowest BCUT2D eigenvalue weighted by molar-refractivity contribution is 0.0837. The fraction of sp³-hybridized carbons (Fsp3) is 0.312. The summed E-state index contributed by atoms with van der Waals surface area (Å²) in [5.41, 5.74) is 3.37. The van der Waals surface area contributed by atoms with Gasteiger partial charge in [0.15, 0.2) is 0 Å². The van der Waals surface area contributed by atoms with E-state index >= 15 is 0 Å². The van der Waals surface area contributed by atoms with Gasteiger partial charge >= 0.3 is 0 Å². The maximum atomic E-state index is 9.45. The molecule has 1 aliphatic rings. The van der Waals surface area contributed by atoms with Gasteiger partial charge in [-0.3, -0.25) is 0 Å². The number of benzene rings is 1. The van der Waals surface area contributed by atoms with E-state index in [2.05, 4.69) is 20.6 Å². The largest absolute Gasteiger partial charge is 0.497 e. The van der Waals surface area contributed by atoms with E-state index in [1.54, 1.807) is 18.0 Å². The van der Waals surface area contributed by atoms with Crippen LogP contribution in [-0.4, -0.2) is 44.2 Å². The maximum Gasteiger partial charge on any atom is 0.200 e. The Bertz CT molecular complexity index is 824. The molecule has 7 heteroatoms. The number of methoxy groups -OCH3 is 1. The first-order valence-corrected chi connectivity index (χ1v) is 7.53. The van der Waals surface area contributed by atoms with Crippen LogP contribution in [0.25, 0.3) is 16.9 Å². The molecule has 0 atom stereocenters. The number of nitrogens with one attached hydrogen (secondary N) is 1. The van der Waals surface area contributed by atoms with Gasteiger partial charge in [-0.2, -0.15) is 9.61 Å². The van der Waals surface area contributed by atoms with E-state index in [9.17, 15) is 5.11 Å². The zero-order chi connectivity index (χ0) is 15.8. The Labute approximate surface area is 132 Å². The van der Waals surface area contributed by atoms with Crippen LogP contribution in [0.4, 0.5) is 5.69 Å². The molecule has 0 saturated heterocycles. The minimum Gasteiger partial charge on any atom is -0.497 e. The molecule has 2 aromatic heterocycles. The lowest BCUT2D eigenvalue weighted by Gasteiger charge is -2.32. The van der Waals surface area contributed by atoms with Crippen molar-refractivity contribution >= 4 is 11.3 Å². The van der Waals surface area contributed by atoms with Crippen molar-refractivity contribution in [2.24, 2.45) is 0 Å². The van der Waals surface area contributed by atoms with Gasteiger partial charge in [0.1, 0.15) is 12.1 Å². The lowest BCUT2D eigenvalue weighted by atomic mass is 9.89. The molecule has 0 radical (unpaired) electrons. The van der Waals surface area contributed by atoms with Gasteiger partial charge in [-0.05, 0) is 43.2 Å². The summed E-state index contributed by atoms with van der Waals surface area (Å²) < 4.78 is 6.85. The van der Waals surface area contributed by atoms with E-state index in [4.69, 9.17) is 4.74 Å². The summed E-state index contributed by atoms with van der Waals surface area (Å²) in [5.74, 6) is 0.806. The summed E-state index contributed by atoms with van der Waals surface area (Å²) in [6, 6.07) is 9.97. The van der Waals surface area contributed by atoms with Gasteiger partial charge in [0.25, 0.3) is 0 Å². The molecule has 0 unspecified atom stereocenters. The third-order valence-corrected chi connectivity index (χ3v) is 4.13. The summed E-state index contributed by atoms with van der Waals surface area (Å²) in [7, 11) is 1.64. The van der Waals surface area contributed by atoms with Crippen molar-refractivity contribution in [2.45, 2.75) is 25.0 Å². The zero-order valence-corrected chi connectivity index (χ0v) is 12.7. The topological polar surface area (TPSA) is 84.6 Å². The number of hydrogen-bond donors (Lipinski definition) is 2. The molecule has 1 aromatic carbocycles. The Morgan fingerprint density at radius 1 is 1.26 bits per heavy atom. The molecule has 0 bridgehead atoms. The molecule has 1 aliphatic carbocycles. The number of anilines is 1. The number of hydrogen-bond acceptors (Lipinski definition) is 6. The summed E-state index contributed by atoms with van der Waals surface area (Å²) in [5, 5.41) is 25.5. The number of aromatic nitrogens is 4. The third-order valence-electron chi connectivity index (χ3n) is 4.13. The summed E-state index contributed by atoms with van der Waals surface area (Å²) in [6.45, 7) is 0. The minimum absolute atomic E-state index is 0.204. The monoisotopic (exact) mass is 311 g/mol. The minimum atomic E-state index is -0.204. The molecule has 2 N–H and O–H groups in total. The quantitative estimate of drug-likeness (QED) is 0.763. The van der Waals surface area contributed by atoms with Crippen LogP contribution >= 0.6 is 0 Å². The SMILES string of the molecule is COc1ccc(-c2cc(NC3CC(O)C3)c3nncn3n2)cc1. The fourth-order valence-electron chi connectivity index (χ4n) is 2.76. The van der Waals surface area contributed by atoms with Crippen LogP contribution < -0.4 is 10.1 Å². The summed E-state index contributed by atoms with van der Waals surface area (Å²) in [6.07, 6.45) is 2.88. The second kappa shape index (κ2) is 5.51. The smallest absolute Gasteiger partial charge is 0.200 e. The van der Waals surface area contributed by atoms with Gasteiger partial charge in [-0.1, -0.05) is 0 Å². The number of fused-ring (bicyclic) bond motifs is 1. The van der Waals surface area contributed by atoms with Crippen LogP contribution in [0, 0.1) is 0 Å². The third kappa shape index (κ3) is 2.59. The van der Waals surface area contributed by atoms with Crippen molar-refractivity contribution < 1.29 is 9.84 Å². The van der Waals surface area contributed by atoms with Crippen molar-refractivity contribution in [1.29, 1.82) is 0 Å². The van der Waals surface area contributed by atoms with Gasteiger partial charge < -0.3 is 15.2 Å². The molecule has 2 heterocycles. The molecule has 3 aromatic rings.